The molecule has 3 N–H and O–H groups in total. The number of amides is 2. The Kier molecular flexibility index (Phi) is 6.93. The Bertz CT molecular complexity index is 397. The van der Waals surface area contributed by atoms with E-state index in [9.17, 15) is 9.59 Å². The van der Waals surface area contributed by atoms with Crippen LogP contribution in [0.15, 0.2) is 18.6 Å². The highest BCUT2D eigenvalue weighted by molar-refractivity contribution is 5.73. The number of aliphatic carboxylic acids is 1. The zero-order chi connectivity index (χ0) is 13.9. The smallest absolute Gasteiger partial charge is 0.315 e. The van der Waals surface area contributed by atoms with Gasteiger partial charge < -0.3 is 15.7 Å². The van der Waals surface area contributed by atoms with Gasteiger partial charge in [0.1, 0.15) is 6.33 Å². The van der Waals surface area contributed by atoms with Gasteiger partial charge in [0.2, 0.25) is 0 Å². The van der Waals surface area contributed by atoms with Crippen molar-refractivity contribution < 1.29 is 14.7 Å². The van der Waals surface area contributed by atoms with E-state index in [0.29, 0.717) is 19.5 Å². The lowest BCUT2D eigenvalue weighted by Gasteiger charge is -2.06. The summed E-state index contributed by atoms with van der Waals surface area (Å²) in [5.74, 6) is -0.782. The number of nitrogens with zero attached hydrogens (tertiary/aromatic N) is 2. The largest absolute Gasteiger partial charge is 0.481 e. The lowest BCUT2D eigenvalue weighted by atomic mass is 10.2. The van der Waals surface area contributed by atoms with Crippen molar-refractivity contribution in [2.45, 2.75) is 32.2 Å². The van der Waals surface area contributed by atoms with Crippen molar-refractivity contribution in [2.24, 2.45) is 0 Å². The Morgan fingerprint density at radius 1 is 1.21 bits per heavy atom. The number of rotatable bonds is 8. The lowest BCUT2D eigenvalue weighted by molar-refractivity contribution is -0.137. The Morgan fingerprint density at radius 2 is 2.05 bits per heavy atom. The van der Waals surface area contributed by atoms with E-state index >= 15 is 0 Å². The molecule has 7 heteroatoms. The van der Waals surface area contributed by atoms with Crippen LogP contribution in [0, 0.1) is 0 Å². The number of carbonyl (C=O) groups excluding carboxylic acids is 1. The molecule has 1 heterocycles. The molecule has 0 atom stereocenters. The number of hydrogen-bond donors (Lipinski definition) is 3. The highest BCUT2D eigenvalue weighted by Gasteiger charge is 2.01. The topological polar surface area (TPSA) is 104 Å². The van der Waals surface area contributed by atoms with Crippen LogP contribution in [0.25, 0.3) is 0 Å². The van der Waals surface area contributed by atoms with Gasteiger partial charge in [0, 0.05) is 19.2 Å². The monoisotopic (exact) mass is 266 g/mol. The number of urea groups is 1. The number of carboxylic acid groups (broad SMARTS) is 1. The second-order valence-electron chi connectivity index (χ2n) is 4.01. The molecule has 1 aromatic heterocycles. The van der Waals surface area contributed by atoms with Crippen LogP contribution in [-0.4, -0.2) is 33.6 Å². The maximum absolute atomic E-state index is 11.4. The Balaban J connectivity index is 2.01. The van der Waals surface area contributed by atoms with Gasteiger partial charge in [-0.25, -0.2) is 14.8 Å². The summed E-state index contributed by atoms with van der Waals surface area (Å²) in [5, 5.41) is 13.8. The first kappa shape index (κ1) is 14.9. The van der Waals surface area contributed by atoms with E-state index in [2.05, 4.69) is 20.6 Å². The van der Waals surface area contributed by atoms with Gasteiger partial charge in [-0.05, 0) is 18.9 Å². The van der Waals surface area contributed by atoms with Crippen LogP contribution >= 0.6 is 0 Å². The zero-order valence-electron chi connectivity index (χ0n) is 10.6. The summed E-state index contributed by atoms with van der Waals surface area (Å²) in [6.45, 7) is 0.891. The fourth-order valence-electron chi connectivity index (χ4n) is 1.44. The van der Waals surface area contributed by atoms with Gasteiger partial charge in [-0.2, -0.15) is 0 Å². The summed E-state index contributed by atoms with van der Waals surface area (Å²) in [4.78, 5) is 29.4. The molecule has 1 rings (SSSR count). The van der Waals surface area contributed by atoms with Crippen molar-refractivity contribution >= 4 is 12.0 Å². The SMILES string of the molecule is O=C(O)CCCCCNC(=O)NCc1ccncn1. The molecular formula is C12H18N4O3. The first-order valence-electron chi connectivity index (χ1n) is 6.17. The van der Waals surface area contributed by atoms with E-state index in [1.807, 2.05) is 0 Å². The average molecular weight is 266 g/mol. The van der Waals surface area contributed by atoms with Crippen molar-refractivity contribution in [2.75, 3.05) is 6.54 Å². The van der Waals surface area contributed by atoms with Crippen molar-refractivity contribution in [1.82, 2.24) is 20.6 Å². The van der Waals surface area contributed by atoms with E-state index < -0.39 is 5.97 Å². The van der Waals surface area contributed by atoms with Crippen molar-refractivity contribution in [3.05, 3.63) is 24.3 Å². The quantitative estimate of drug-likeness (QED) is 0.607. The molecule has 0 aliphatic rings. The molecule has 0 unspecified atom stereocenters. The van der Waals surface area contributed by atoms with Crippen LogP contribution < -0.4 is 10.6 Å². The molecule has 0 radical (unpaired) electrons. The first-order chi connectivity index (χ1) is 9.18. The van der Waals surface area contributed by atoms with Crippen LogP contribution in [0.2, 0.25) is 0 Å². The predicted octanol–water partition coefficient (Wildman–Crippen LogP) is 0.921. The van der Waals surface area contributed by atoms with E-state index in [0.717, 1.165) is 18.5 Å². The molecule has 19 heavy (non-hydrogen) atoms. The van der Waals surface area contributed by atoms with Crippen LogP contribution in [-0.2, 0) is 11.3 Å². The molecular weight excluding hydrogens is 248 g/mol. The highest BCUT2D eigenvalue weighted by Crippen LogP contribution is 1.98. The highest BCUT2D eigenvalue weighted by atomic mass is 16.4. The summed E-state index contributed by atoms with van der Waals surface area (Å²) in [6.07, 6.45) is 5.42. The third kappa shape index (κ3) is 7.69. The summed E-state index contributed by atoms with van der Waals surface area (Å²) in [5.41, 5.74) is 0.742. The lowest BCUT2D eigenvalue weighted by Crippen LogP contribution is -2.35. The molecule has 0 bridgehead atoms. The zero-order valence-corrected chi connectivity index (χ0v) is 10.6. The van der Waals surface area contributed by atoms with Gasteiger partial charge >= 0.3 is 12.0 Å². The van der Waals surface area contributed by atoms with E-state index in [1.54, 1.807) is 12.3 Å². The Hall–Kier alpha value is -2.18. The van der Waals surface area contributed by atoms with Crippen LogP contribution in [0.3, 0.4) is 0 Å². The first-order valence-corrected chi connectivity index (χ1v) is 6.17. The number of carbonyl (C=O) groups is 2. The van der Waals surface area contributed by atoms with Crippen molar-refractivity contribution in [3.8, 4) is 0 Å². The fraction of sp³-hybridized carbons (Fsp3) is 0.500. The van der Waals surface area contributed by atoms with Crippen LogP contribution in [0.1, 0.15) is 31.4 Å². The molecule has 0 spiro atoms. The molecule has 0 aromatic carbocycles. The maximum Gasteiger partial charge on any atom is 0.315 e. The van der Waals surface area contributed by atoms with E-state index in [4.69, 9.17) is 5.11 Å². The Morgan fingerprint density at radius 3 is 2.74 bits per heavy atom. The minimum absolute atomic E-state index is 0.180. The molecule has 0 aliphatic carbocycles. The summed E-state index contributed by atoms with van der Waals surface area (Å²) in [7, 11) is 0. The van der Waals surface area contributed by atoms with Crippen molar-refractivity contribution in [3.63, 3.8) is 0 Å². The minimum atomic E-state index is -0.782. The van der Waals surface area contributed by atoms with Gasteiger partial charge in [0.15, 0.2) is 0 Å². The molecule has 1 aromatic rings. The van der Waals surface area contributed by atoms with E-state index in [-0.39, 0.29) is 12.5 Å². The predicted molar refractivity (Wildman–Crippen MR) is 68.4 cm³/mol. The normalized spacial score (nSPS) is 9.89. The molecule has 7 nitrogen and oxygen atoms in total. The number of aromatic nitrogens is 2. The third-order valence-electron chi connectivity index (χ3n) is 2.43. The number of nitrogens with one attached hydrogen (secondary N) is 2. The molecule has 104 valence electrons. The fourth-order valence-corrected chi connectivity index (χ4v) is 1.44. The summed E-state index contributed by atoms with van der Waals surface area (Å²) in [6, 6.07) is 1.48. The average Bonchev–Trinajstić information content (AvgIpc) is 2.41. The van der Waals surface area contributed by atoms with E-state index in [1.165, 1.54) is 6.33 Å². The standard InChI is InChI=1S/C12H18N4O3/c17-11(18)4-2-1-3-6-14-12(19)15-8-10-5-7-13-9-16-10/h5,7,9H,1-4,6,8H2,(H,17,18)(H2,14,15,19). The summed E-state index contributed by atoms with van der Waals surface area (Å²) >= 11 is 0. The number of unbranched alkanes of at least 4 members (excludes halogenated alkanes) is 2. The van der Waals surface area contributed by atoms with Gasteiger partial charge in [-0.3, -0.25) is 4.79 Å². The third-order valence-corrected chi connectivity index (χ3v) is 2.43. The molecule has 0 saturated heterocycles. The van der Waals surface area contributed by atoms with Crippen molar-refractivity contribution in [1.29, 1.82) is 0 Å². The van der Waals surface area contributed by atoms with Gasteiger partial charge in [-0.15, -0.1) is 0 Å². The molecule has 0 saturated carbocycles. The second kappa shape index (κ2) is 8.84. The molecule has 0 fully saturated rings. The second-order valence-corrected chi connectivity index (χ2v) is 4.01. The number of carboxylic acids is 1. The maximum atomic E-state index is 11.4. The summed E-state index contributed by atoms with van der Waals surface area (Å²) < 4.78 is 0. The van der Waals surface area contributed by atoms with Crippen LogP contribution in [0.5, 0.6) is 0 Å². The Labute approximate surface area is 111 Å². The minimum Gasteiger partial charge on any atom is -0.481 e. The van der Waals surface area contributed by atoms with Gasteiger partial charge in [0.25, 0.3) is 0 Å². The number of hydrogen-bond acceptors (Lipinski definition) is 4. The van der Waals surface area contributed by atoms with Gasteiger partial charge in [-0.1, -0.05) is 6.42 Å². The van der Waals surface area contributed by atoms with Gasteiger partial charge in [0.05, 0.1) is 12.2 Å². The van der Waals surface area contributed by atoms with Crippen LogP contribution in [0.4, 0.5) is 4.79 Å². The molecule has 0 aliphatic heterocycles. The molecule has 2 amide bonds.